The van der Waals surface area contributed by atoms with Gasteiger partial charge in [-0.2, -0.15) is 16.5 Å². The van der Waals surface area contributed by atoms with Crippen LogP contribution in [-0.2, 0) is 21.9 Å². The molecule has 30 heavy (non-hydrogen) atoms. The third-order valence-corrected chi connectivity index (χ3v) is 6.81. The predicted molar refractivity (Wildman–Crippen MR) is 118 cm³/mol. The minimum atomic E-state index is -4.02. The molecule has 1 atom stereocenters. The number of thioether (sulfide) groups is 1. The highest BCUT2D eigenvalue weighted by molar-refractivity contribution is 7.98. The molecular formula is C20H23N3O5S2. The molecule has 0 saturated heterocycles. The number of para-hydroxylation sites is 1. The third kappa shape index (κ3) is 4.77. The lowest BCUT2D eigenvalue weighted by molar-refractivity contribution is -0.117. The van der Waals surface area contributed by atoms with Gasteiger partial charge in [0.25, 0.3) is 0 Å². The van der Waals surface area contributed by atoms with E-state index in [1.807, 2.05) is 25.3 Å². The number of aromatic nitrogens is 1. The Morgan fingerprint density at radius 3 is 2.67 bits per heavy atom. The smallest absolute Gasteiger partial charge is 0.408 e. The van der Waals surface area contributed by atoms with Crippen molar-refractivity contribution in [1.82, 2.24) is 9.29 Å². The maximum Gasteiger partial charge on any atom is 0.419 e. The van der Waals surface area contributed by atoms with Crippen molar-refractivity contribution in [3.63, 3.8) is 0 Å². The maximum absolute atomic E-state index is 12.9. The summed E-state index contributed by atoms with van der Waals surface area (Å²) in [7, 11) is -2.49. The van der Waals surface area contributed by atoms with Crippen LogP contribution in [0.3, 0.4) is 0 Å². The number of carbonyl (C=O) groups is 1. The zero-order valence-electron chi connectivity index (χ0n) is 16.8. The number of hydrogen-bond acceptors (Lipinski definition) is 6. The molecule has 0 spiro atoms. The Kier molecular flexibility index (Phi) is 6.69. The molecule has 3 aromatic rings. The fourth-order valence-corrected chi connectivity index (χ4v) is 4.67. The number of carbonyl (C=O) groups excluding carboxylic acids is 1. The van der Waals surface area contributed by atoms with Crippen LogP contribution in [0.2, 0.25) is 0 Å². The first-order valence-electron chi connectivity index (χ1n) is 9.20. The summed E-state index contributed by atoms with van der Waals surface area (Å²) in [6.45, 7) is 1.86. The van der Waals surface area contributed by atoms with E-state index in [1.54, 1.807) is 12.1 Å². The summed E-state index contributed by atoms with van der Waals surface area (Å²) in [6.07, 6.45) is 2.21. The van der Waals surface area contributed by atoms with Crippen LogP contribution < -0.4 is 15.8 Å². The summed E-state index contributed by atoms with van der Waals surface area (Å²) < 4.78 is 34.7. The molecular weight excluding hydrogens is 426 g/mol. The summed E-state index contributed by atoms with van der Waals surface area (Å²) in [6, 6.07) is 10.5. The van der Waals surface area contributed by atoms with E-state index in [2.05, 4.69) is 10.0 Å². The molecule has 0 aliphatic heterocycles. The highest BCUT2D eigenvalue weighted by atomic mass is 32.2. The summed E-state index contributed by atoms with van der Waals surface area (Å²) in [5, 5.41) is 2.80. The Balaban J connectivity index is 1.86. The monoisotopic (exact) mass is 449 g/mol. The van der Waals surface area contributed by atoms with E-state index in [1.165, 1.54) is 41.6 Å². The average Bonchev–Trinajstić information content (AvgIpc) is 3.00. The van der Waals surface area contributed by atoms with E-state index in [0.717, 1.165) is 5.56 Å². The number of nitrogens with zero attached hydrogens (tertiary/aromatic N) is 1. The van der Waals surface area contributed by atoms with Gasteiger partial charge < -0.3 is 9.73 Å². The number of anilines is 1. The number of oxazole rings is 1. The van der Waals surface area contributed by atoms with Crippen LogP contribution in [0, 0.1) is 6.92 Å². The maximum atomic E-state index is 12.9. The number of amides is 1. The SMILES string of the molecule is CSCC[C@H](NS(=O)(=O)c1ccc2c(c1)oc(=O)n2C)C(=O)Nc1ccccc1C. The molecule has 10 heteroatoms. The standard InChI is InChI=1S/C20H23N3O5S2/c1-13-6-4-5-7-15(13)21-19(24)16(10-11-29-3)22-30(26,27)14-8-9-17-18(12-14)28-20(25)23(17)2/h4-9,12,16,22H,10-11H2,1-3H3,(H,21,24)/t16-/m0/s1. The van der Waals surface area contributed by atoms with E-state index < -0.39 is 27.7 Å². The fourth-order valence-electron chi connectivity index (χ4n) is 2.95. The quantitative estimate of drug-likeness (QED) is 0.547. The normalized spacial score (nSPS) is 12.8. The van der Waals surface area contributed by atoms with Crippen molar-refractivity contribution in [2.45, 2.75) is 24.3 Å². The number of sulfonamides is 1. The second-order valence-corrected chi connectivity index (χ2v) is 9.52. The molecule has 160 valence electrons. The molecule has 8 nitrogen and oxygen atoms in total. The van der Waals surface area contributed by atoms with E-state index >= 15 is 0 Å². The molecule has 0 radical (unpaired) electrons. The van der Waals surface area contributed by atoms with E-state index in [4.69, 9.17) is 4.42 Å². The lowest BCUT2D eigenvalue weighted by Crippen LogP contribution is -2.44. The van der Waals surface area contributed by atoms with Crippen molar-refractivity contribution in [3.8, 4) is 0 Å². The molecule has 1 amide bonds. The average molecular weight is 450 g/mol. The zero-order chi connectivity index (χ0) is 21.9. The van der Waals surface area contributed by atoms with Crippen molar-refractivity contribution in [2.75, 3.05) is 17.3 Å². The number of rotatable bonds is 8. The van der Waals surface area contributed by atoms with E-state index in [0.29, 0.717) is 23.4 Å². The van der Waals surface area contributed by atoms with Gasteiger partial charge in [0.1, 0.15) is 6.04 Å². The Bertz CT molecular complexity index is 1230. The van der Waals surface area contributed by atoms with E-state index in [-0.39, 0.29) is 10.5 Å². The lowest BCUT2D eigenvalue weighted by atomic mass is 10.1. The van der Waals surface area contributed by atoms with Gasteiger partial charge >= 0.3 is 5.76 Å². The van der Waals surface area contributed by atoms with Gasteiger partial charge in [0.2, 0.25) is 15.9 Å². The Morgan fingerprint density at radius 1 is 1.23 bits per heavy atom. The summed E-state index contributed by atoms with van der Waals surface area (Å²) >= 11 is 1.52. The Labute approximate surface area is 178 Å². The van der Waals surface area contributed by atoms with Crippen molar-refractivity contribution < 1.29 is 17.6 Å². The first-order chi connectivity index (χ1) is 14.2. The summed E-state index contributed by atoms with van der Waals surface area (Å²) in [5.74, 6) is -0.418. The minimum Gasteiger partial charge on any atom is -0.408 e. The van der Waals surface area contributed by atoms with Gasteiger partial charge in [0.05, 0.1) is 10.4 Å². The fraction of sp³-hybridized carbons (Fsp3) is 0.300. The minimum absolute atomic E-state index is 0.0813. The van der Waals surface area contributed by atoms with Crippen LogP contribution >= 0.6 is 11.8 Å². The molecule has 0 fully saturated rings. The first-order valence-corrected chi connectivity index (χ1v) is 12.1. The lowest BCUT2D eigenvalue weighted by Gasteiger charge is -2.19. The second kappa shape index (κ2) is 9.07. The van der Waals surface area contributed by atoms with Gasteiger partial charge in [-0.25, -0.2) is 13.2 Å². The molecule has 2 N–H and O–H groups in total. The number of nitrogens with one attached hydrogen (secondary N) is 2. The number of benzene rings is 2. The molecule has 0 saturated carbocycles. The van der Waals surface area contributed by atoms with Gasteiger partial charge in [0, 0.05) is 18.8 Å². The Hall–Kier alpha value is -2.56. The summed E-state index contributed by atoms with van der Waals surface area (Å²) in [5.41, 5.74) is 2.15. The van der Waals surface area contributed by atoms with Gasteiger partial charge in [-0.15, -0.1) is 0 Å². The van der Waals surface area contributed by atoms with Crippen LogP contribution in [-0.4, -0.2) is 36.9 Å². The molecule has 2 aromatic carbocycles. The zero-order valence-corrected chi connectivity index (χ0v) is 18.5. The molecule has 0 bridgehead atoms. The molecule has 0 aliphatic carbocycles. The predicted octanol–water partition coefficient (Wildman–Crippen LogP) is 2.48. The molecule has 1 heterocycles. The van der Waals surface area contributed by atoms with Crippen molar-refractivity contribution in [3.05, 3.63) is 58.6 Å². The van der Waals surface area contributed by atoms with Crippen LogP contribution in [0.25, 0.3) is 11.1 Å². The topological polar surface area (TPSA) is 110 Å². The van der Waals surface area contributed by atoms with Gasteiger partial charge in [-0.1, -0.05) is 18.2 Å². The number of hydrogen-bond donors (Lipinski definition) is 2. The molecule has 0 aliphatic rings. The van der Waals surface area contributed by atoms with E-state index in [9.17, 15) is 18.0 Å². The van der Waals surface area contributed by atoms with Crippen molar-refractivity contribution in [1.29, 1.82) is 0 Å². The first kappa shape index (κ1) is 22.1. The Morgan fingerprint density at radius 2 is 1.97 bits per heavy atom. The van der Waals surface area contributed by atoms with Gasteiger partial charge in [-0.05, 0) is 49.1 Å². The van der Waals surface area contributed by atoms with Crippen molar-refractivity contribution >= 4 is 44.5 Å². The van der Waals surface area contributed by atoms with Gasteiger partial charge in [0.15, 0.2) is 5.58 Å². The van der Waals surface area contributed by atoms with Crippen LogP contribution in [0.4, 0.5) is 5.69 Å². The summed E-state index contributed by atoms with van der Waals surface area (Å²) in [4.78, 5) is 24.4. The highest BCUT2D eigenvalue weighted by Gasteiger charge is 2.26. The van der Waals surface area contributed by atoms with Crippen LogP contribution in [0.15, 0.2) is 56.6 Å². The molecule has 0 unspecified atom stereocenters. The molecule has 1 aromatic heterocycles. The second-order valence-electron chi connectivity index (χ2n) is 6.82. The van der Waals surface area contributed by atoms with Crippen LogP contribution in [0.5, 0.6) is 0 Å². The largest absolute Gasteiger partial charge is 0.419 e. The highest BCUT2D eigenvalue weighted by Crippen LogP contribution is 2.19. The van der Waals surface area contributed by atoms with Gasteiger partial charge in [-0.3, -0.25) is 9.36 Å². The number of aryl methyl sites for hydroxylation is 2. The third-order valence-electron chi connectivity index (χ3n) is 4.70. The van der Waals surface area contributed by atoms with Crippen LogP contribution in [0.1, 0.15) is 12.0 Å². The number of fused-ring (bicyclic) bond motifs is 1. The van der Waals surface area contributed by atoms with Crippen molar-refractivity contribution in [2.24, 2.45) is 7.05 Å². The molecule has 3 rings (SSSR count).